The lowest BCUT2D eigenvalue weighted by Crippen LogP contribution is -2.31. The van der Waals surface area contributed by atoms with Crippen LogP contribution >= 0.6 is 23.2 Å². The molecular weight excluding hydrogens is 422 g/mol. The zero-order chi connectivity index (χ0) is 19.5. The van der Waals surface area contributed by atoms with Crippen molar-refractivity contribution in [1.82, 2.24) is 14.3 Å². The van der Waals surface area contributed by atoms with E-state index in [0.717, 1.165) is 10.9 Å². The Morgan fingerprint density at radius 1 is 1.23 bits per heavy atom. The predicted molar refractivity (Wildman–Crippen MR) is 85.3 cm³/mol. The number of halogens is 5. The summed E-state index contributed by atoms with van der Waals surface area (Å²) in [4.78, 5) is 15.5. The third-order valence-corrected chi connectivity index (χ3v) is 4.93. The van der Waals surface area contributed by atoms with Gasteiger partial charge in [0.1, 0.15) is 5.15 Å². The SMILES string of the molecule is O=C(NS(=O)(=O)c1ccc(Cl)cc1)c1ncn(CCOC(F)(F)F)c1Cl. The van der Waals surface area contributed by atoms with Gasteiger partial charge in [-0.1, -0.05) is 23.2 Å². The molecule has 0 spiro atoms. The van der Waals surface area contributed by atoms with Gasteiger partial charge in [-0.15, -0.1) is 13.2 Å². The average Bonchev–Trinajstić information content (AvgIpc) is 2.87. The minimum Gasteiger partial charge on any atom is -0.319 e. The highest BCUT2D eigenvalue weighted by Gasteiger charge is 2.29. The predicted octanol–water partition coefficient (Wildman–Crippen LogP) is 2.85. The number of carbonyl (C=O) groups excluding carboxylic acids is 1. The van der Waals surface area contributed by atoms with Crippen molar-refractivity contribution in [2.75, 3.05) is 6.61 Å². The van der Waals surface area contributed by atoms with Crippen LogP contribution in [0.25, 0.3) is 0 Å². The summed E-state index contributed by atoms with van der Waals surface area (Å²) in [6.45, 7) is -1.10. The molecule has 1 aromatic heterocycles. The van der Waals surface area contributed by atoms with Crippen LogP contribution in [0.3, 0.4) is 0 Å². The van der Waals surface area contributed by atoms with Gasteiger partial charge in [-0.25, -0.2) is 18.1 Å². The summed E-state index contributed by atoms with van der Waals surface area (Å²) in [6.07, 6.45) is -3.81. The number of nitrogens with one attached hydrogen (secondary N) is 1. The Morgan fingerprint density at radius 3 is 2.42 bits per heavy atom. The van der Waals surface area contributed by atoms with E-state index in [1.165, 1.54) is 24.3 Å². The van der Waals surface area contributed by atoms with E-state index in [4.69, 9.17) is 23.2 Å². The van der Waals surface area contributed by atoms with Crippen LogP contribution in [0.4, 0.5) is 13.2 Å². The van der Waals surface area contributed by atoms with E-state index in [1.54, 1.807) is 4.72 Å². The molecule has 26 heavy (non-hydrogen) atoms. The first-order valence-corrected chi connectivity index (χ1v) is 8.97. The lowest BCUT2D eigenvalue weighted by molar-refractivity contribution is -0.325. The molecule has 0 bridgehead atoms. The normalized spacial score (nSPS) is 12.2. The summed E-state index contributed by atoms with van der Waals surface area (Å²) < 4.78 is 66.5. The van der Waals surface area contributed by atoms with Gasteiger partial charge in [-0.3, -0.25) is 9.53 Å². The van der Waals surface area contributed by atoms with Gasteiger partial charge in [0.05, 0.1) is 17.8 Å². The van der Waals surface area contributed by atoms with E-state index in [1.807, 2.05) is 0 Å². The first-order chi connectivity index (χ1) is 12.0. The molecule has 0 unspecified atom stereocenters. The maximum Gasteiger partial charge on any atom is 0.522 e. The van der Waals surface area contributed by atoms with E-state index >= 15 is 0 Å². The van der Waals surface area contributed by atoms with Gasteiger partial charge in [0, 0.05) is 11.6 Å². The van der Waals surface area contributed by atoms with E-state index in [9.17, 15) is 26.4 Å². The maximum atomic E-state index is 12.1. The second-order valence-corrected chi connectivity index (χ2v) is 7.24. The lowest BCUT2D eigenvalue weighted by atomic mass is 10.4. The van der Waals surface area contributed by atoms with Crippen LogP contribution < -0.4 is 4.72 Å². The molecule has 13 heteroatoms. The zero-order valence-electron chi connectivity index (χ0n) is 12.6. The molecule has 1 heterocycles. The monoisotopic (exact) mass is 431 g/mol. The van der Waals surface area contributed by atoms with Gasteiger partial charge in [-0.05, 0) is 24.3 Å². The Hall–Kier alpha value is -1.82. The number of hydrogen-bond acceptors (Lipinski definition) is 5. The number of rotatable bonds is 6. The van der Waals surface area contributed by atoms with Crippen molar-refractivity contribution < 1.29 is 31.1 Å². The van der Waals surface area contributed by atoms with Crippen LogP contribution in [0, 0.1) is 0 Å². The fourth-order valence-electron chi connectivity index (χ4n) is 1.78. The van der Waals surface area contributed by atoms with Gasteiger partial charge >= 0.3 is 6.36 Å². The van der Waals surface area contributed by atoms with Crippen LogP contribution in [0.15, 0.2) is 35.5 Å². The Balaban J connectivity index is 2.09. The molecule has 0 saturated heterocycles. The van der Waals surface area contributed by atoms with E-state index < -0.39 is 34.6 Å². The summed E-state index contributed by atoms with van der Waals surface area (Å²) in [6, 6.07) is 5.02. The molecule has 0 radical (unpaired) electrons. The minimum atomic E-state index is -4.81. The van der Waals surface area contributed by atoms with Gasteiger partial charge < -0.3 is 4.57 Å². The molecule has 1 amide bonds. The molecule has 0 saturated carbocycles. The Morgan fingerprint density at radius 2 is 1.85 bits per heavy atom. The van der Waals surface area contributed by atoms with Crippen molar-refractivity contribution in [3.8, 4) is 0 Å². The number of hydrogen-bond donors (Lipinski definition) is 1. The smallest absolute Gasteiger partial charge is 0.319 e. The molecule has 1 N–H and O–H groups in total. The summed E-state index contributed by atoms with van der Waals surface area (Å²) in [5.74, 6) is -1.14. The van der Waals surface area contributed by atoms with Gasteiger partial charge in [-0.2, -0.15) is 0 Å². The standard InChI is InChI=1S/C13H10Cl2F3N3O4S/c14-8-1-3-9(4-2-8)26(23,24)20-12(22)10-11(15)21(7-19-10)5-6-25-13(16,17)18/h1-4,7H,5-6H2,(H,20,22). The summed E-state index contributed by atoms with van der Waals surface area (Å²) in [7, 11) is -4.21. The molecule has 7 nitrogen and oxygen atoms in total. The fourth-order valence-corrected chi connectivity index (χ4v) is 3.12. The van der Waals surface area contributed by atoms with E-state index in [2.05, 4.69) is 9.72 Å². The topological polar surface area (TPSA) is 90.3 Å². The minimum absolute atomic E-state index is 0.218. The second kappa shape index (κ2) is 7.82. The van der Waals surface area contributed by atoms with Crippen molar-refractivity contribution in [1.29, 1.82) is 0 Å². The van der Waals surface area contributed by atoms with Gasteiger partial charge in [0.2, 0.25) is 0 Å². The first-order valence-electron chi connectivity index (χ1n) is 6.73. The number of benzene rings is 1. The number of amides is 1. The van der Waals surface area contributed by atoms with Crippen molar-refractivity contribution >= 4 is 39.1 Å². The highest BCUT2D eigenvalue weighted by atomic mass is 35.5. The van der Waals surface area contributed by atoms with Crippen LogP contribution in [0.2, 0.25) is 10.2 Å². The summed E-state index contributed by atoms with van der Waals surface area (Å²) in [5.41, 5.74) is -0.462. The third-order valence-electron chi connectivity index (χ3n) is 2.94. The molecule has 2 aromatic rings. The number of carbonyl (C=O) groups is 1. The van der Waals surface area contributed by atoms with Gasteiger partial charge in [0.15, 0.2) is 5.69 Å². The number of nitrogens with zero attached hydrogens (tertiary/aromatic N) is 2. The van der Waals surface area contributed by atoms with Crippen molar-refractivity contribution in [2.45, 2.75) is 17.8 Å². The molecule has 0 aliphatic rings. The molecule has 0 aliphatic heterocycles. The number of imidazole rings is 1. The molecule has 0 fully saturated rings. The Labute approximate surface area is 155 Å². The molecule has 1 aromatic carbocycles. The summed E-state index contributed by atoms with van der Waals surface area (Å²) >= 11 is 11.5. The van der Waals surface area contributed by atoms with Gasteiger partial charge in [0.25, 0.3) is 15.9 Å². The van der Waals surface area contributed by atoms with Crippen molar-refractivity contribution in [3.63, 3.8) is 0 Å². The largest absolute Gasteiger partial charge is 0.522 e. The zero-order valence-corrected chi connectivity index (χ0v) is 15.0. The van der Waals surface area contributed by atoms with E-state index in [-0.39, 0.29) is 16.6 Å². The van der Waals surface area contributed by atoms with Crippen LogP contribution in [0.5, 0.6) is 0 Å². The van der Waals surface area contributed by atoms with Crippen LogP contribution in [-0.4, -0.2) is 36.8 Å². The Bertz CT molecular complexity index is 898. The summed E-state index contributed by atoms with van der Waals surface area (Å²) in [5, 5.41) is -0.0299. The molecule has 142 valence electrons. The molecule has 0 aliphatic carbocycles. The van der Waals surface area contributed by atoms with Crippen LogP contribution in [0.1, 0.15) is 10.5 Å². The lowest BCUT2D eigenvalue weighted by Gasteiger charge is -2.08. The fraction of sp³-hybridized carbons (Fsp3) is 0.231. The van der Waals surface area contributed by atoms with E-state index in [0.29, 0.717) is 5.02 Å². The molecular formula is C13H10Cl2F3N3O4S. The first kappa shape index (κ1) is 20.5. The maximum absolute atomic E-state index is 12.1. The quantitative estimate of drug-likeness (QED) is 0.759. The number of ether oxygens (including phenoxy) is 1. The van der Waals surface area contributed by atoms with Crippen molar-refractivity contribution in [3.05, 3.63) is 46.5 Å². The molecule has 2 rings (SSSR count). The highest BCUT2D eigenvalue weighted by molar-refractivity contribution is 7.90. The number of sulfonamides is 1. The number of alkyl halides is 3. The Kier molecular flexibility index (Phi) is 6.17. The average molecular weight is 432 g/mol. The second-order valence-electron chi connectivity index (χ2n) is 4.76. The highest BCUT2D eigenvalue weighted by Crippen LogP contribution is 2.19. The third kappa shape index (κ3) is 5.34. The van der Waals surface area contributed by atoms with Crippen LogP contribution in [-0.2, 0) is 21.3 Å². The molecule has 0 atom stereocenters. The number of aromatic nitrogens is 2. The van der Waals surface area contributed by atoms with Crippen molar-refractivity contribution in [2.24, 2.45) is 0 Å².